The summed E-state index contributed by atoms with van der Waals surface area (Å²) in [5, 5.41) is 120. The first-order valence-corrected chi connectivity index (χ1v) is 30.1. The van der Waals surface area contributed by atoms with Gasteiger partial charge in [0.15, 0.2) is 48.9 Å². The SMILES string of the molecule is CO[C@H](C(=O)[C@@H](O)[C@@H](C)OC(=O)CCC(=O)O)[C@@H]1Cc2cc3cc(O[C@H]4C[C@@H](O[C@H]5CC(O)[C@H](OC(=O)CCC(=O)O)C(C)O5)[C@H](O)C(C)O4)c(C)c(O)c3c(O)c2C(=O)[C@H]1O[C@H]1C[C@@H](O[C@H]2C[C@@H](O[C@H]3C[C@](C)(O)[C@H](O)C(C)O3)[C@@H](O)C(C)O2)[C@H](O)C(C)O1. The van der Waals surface area contributed by atoms with Gasteiger partial charge >= 0.3 is 23.9 Å². The highest BCUT2D eigenvalue weighted by atomic mass is 16.7. The number of aliphatic carboxylic acids is 2. The number of ketones is 2. The van der Waals surface area contributed by atoms with Gasteiger partial charge in [0.05, 0.1) is 97.2 Å². The number of phenols is 2. The second-order valence-corrected chi connectivity index (χ2v) is 24.4. The van der Waals surface area contributed by atoms with Crippen LogP contribution in [0, 0.1) is 12.8 Å². The van der Waals surface area contributed by atoms with E-state index in [1.807, 2.05) is 0 Å². The molecule has 5 saturated heterocycles. The molecule has 0 aromatic heterocycles. The molecule has 5 fully saturated rings. The van der Waals surface area contributed by atoms with Gasteiger partial charge in [-0.15, -0.1) is 0 Å². The molecule has 0 bridgehead atoms. The minimum atomic E-state index is -2.12. The summed E-state index contributed by atoms with van der Waals surface area (Å²) in [6, 6.07) is 2.90. The molecular formula is C60H84O30. The van der Waals surface area contributed by atoms with Crippen molar-refractivity contribution < 1.29 is 147 Å². The average molecular weight is 1290 g/mol. The molecule has 11 N–H and O–H groups in total. The number of carbonyl (C=O) groups excluding carboxylic acids is 4. The van der Waals surface area contributed by atoms with E-state index >= 15 is 4.79 Å². The summed E-state index contributed by atoms with van der Waals surface area (Å²) in [5.41, 5.74) is -1.78. The first-order chi connectivity index (χ1) is 42.3. The fraction of sp³-hybridized carbons (Fsp3) is 0.733. The molecule has 2 aromatic rings. The Hall–Kier alpha value is -5.36. The Morgan fingerprint density at radius 1 is 0.667 bits per heavy atom. The van der Waals surface area contributed by atoms with Gasteiger partial charge in [-0.3, -0.25) is 28.8 Å². The van der Waals surface area contributed by atoms with Crippen molar-refractivity contribution in [2.45, 2.75) is 267 Å². The highest BCUT2D eigenvalue weighted by Crippen LogP contribution is 2.48. The average Bonchev–Trinajstić information content (AvgIpc) is 0.738. The molecule has 0 amide bonds. The Bertz CT molecular complexity index is 2890. The van der Waals surface area contributed by atoms with Gasteiger partial charge in [-0.05, 0) is 84.9 Å². The summed E-state index contributed by atoms with van der Waals surface area (Å²) in [7, 11) is 1.11. The molecule has 0 radical (unpaired) electrons. The van der Waals surface area contributed by atoms with Crippen LogP contribution in [0.2, 0.25) is 0 Å². The van der Waals surface area contributed by atoms with Crippen LogP contribution in [-0.2, 0) is 87.2 Å². The van der Waals surface area contributed by atoms with Gasteiger partial charge in [-0.25, -0.2) is 0 Å². The molecule has 6 aliphatic rings. The number of esters is 2. The van der Waals surface area contributed by atoms with Crippen molar-refractivity contribution in [3.8, 4) is 17.2 Å². The number of aliphatic hydroxyl groups excluding tert-OH is 6. The lowest BCUT2D eigenvalue weighted by atomic mass is 9.75. The lowest BCUT2D eigenvalue weighted by molar-refractivity contribution is -0.334. The van der Waals surface area contributed by atoms with E-state index in [-0.39, 0.29) is 71.7 Å². The number of phenolic OH excluding ortho intramolecular Hbond substituents is 2. The van der Waals surface area contributed by atoms with Gasteiger partial charge in [0.2, 0.25) is 6.29 Å². The van der Waals surface area contributed by atoms with Gasteiger partial charge in [-0.2, -0.15) is 0 Å². The highest BCUT2D eigenvalue weighted by Gasteiger charge is 2.52. The van der Waals surface area contributed by atoms with Crippen LogP contribution in [0.15, 0.2) is 12.1 Å². The molecule has 25 atom stereocenters. The smallest absolute Gasteiger partial charge is 0.306 e. The number of carboxylic acid groups (broad SMARTS) is 2. The van der Waals surface area contributed by atoms with Crippen LogP contribution < -0.4 is 4.74 Å². The zero-order valence-corrected chi connectivity index (χ0v) is 51.3. The first kappa shape index (κ1) is 70.5. The van der Waals surface area contributed by atoms with Crippen LogP contribution in [0.4, 0.5) is 0 Å². The molecule has 1 aliphatic carbocycles. The number of carbonyl (C=O) groups is 6. The molecule has 504 valence electrons. The van der Waals surface area contributed by atoms with Crippen molar-refractivity contribution in [2.24, 2.45) is 5.92 Å². The third kappa shape index (κ3) is 16.0. The Labute approximate surface area is 517 Å². The minimum absolute atomic E-state index is 0.00903. The van der Waals surface area contributed by atoms with E-state index in [9.17, 15) is 69.9 Å². The van der Waals surface area contributed by atoms with Crippen molar-refractivity contribution in [3.05, 3.63) is 28.8 Å². The standard InChI is InChI=1S/C60H84O30/c1-22-33(85-42-18-34(49(69)23(2)80-42)86-41-17-32(61)56(27(6)83-41)89-40(67)13-11-38(64)65)16-30-14-29-15-31(57(78-9)55(75)52(72)26(5)79-39(66)12-10-37(62)63)58(54(74)47(29)53(73)46(30)48(22)68)90-44-20-35(50(70)25(4)82-44)87-43-19-36(51(71)24(3)81-43)88-45-21-60(8,77)59(76)28(7)84-45/h14,16,23-28,31-32,34-36,41-45,49-52,56-59,61,68-73,76-77H,10-13,15,17-21H2,1-9H3,(H,62,63)(H,64,65)/t23?,24?,25?,26-,27?,28?,31+,32?,34-,35-,36-,41+,42+,43+,44+,45+,49-,50-,51+,52+,56-,57+,58+,59-,60+/m1/s1. The molecule has 30 heteroatoms. The van der Waals surface area contributed by atoms with E-state index in [0.29, 0.717) is 0 Å². The predicted octanol–water partition coefficient (Wildman–Crippen LogP) is 0.582. The van der Waals surface area contributed by atoms with Crippen molar-refractivity contribution in [1.29, 1.82) is 0 Å². The van der Waals surface area contributed by atoms with E-state index < -0.39 is 225 Å². The van der Waals surface area contributed by atoms with Gasteiger partial charge in [0.1, 0.15) is 60.0 Å². The number of Topliss-reactive ketones (excluding diaryl/α,β-unsaturated/α-hetero) is 2. The largest absolute Gasteiger partial charge is 0.507 e. The lowest BCUT2D eigenvalue weighted by Crippen LogP contribution is -2.58. The van der Waals surface area contributed by atoms with Crippen molar-refractivity contribution in [2.75, 3.05) is 7.11 Å². The molecule has 30 nitrogen and oxygen atoms in total. The third-order valence-electron chi connectivity index (χ3n) is 17.5. The van der Waals surface area contributed by atoms with Crippen molar-refractivity contribution >= 4 is 46.2 Å². The number of carboxylic acids is 2. The van der Waals surface area contributed by atoms with Gasteiger partial charge in [0.25, 0.3) is 0 Å². The molecule has 6 unspecified atom stereocenters. The lowest BCUT2D eigenvalue weighted by Gasteiger charge is -2.46. The third-order valence-corrected chi connectivity index (χ3v) is 17.5. The van der Waals surface area contributed by atoms with E-state index in [4.69, 9.17) is 71.8 Å². The molecule has 2 aromatic carbocycles. The van der Waals surface area contributed by atoms with Crippen LogP contribution in [0.1, 0.15) is 128 Å². The summed E-state index contributed by atoms with van der Waals surface area (Å²) >= 11 is 0. The van der Waals surface area contributed by atoms with Crippen LogP contribution in [0.5, 0.6) is 17.2 Å². The van der Waals surface area contributed by atoms with E-state index in [1.54, 1.807) is 20.8 Å². The quantitative estimate of drug-likeness (QED) is 0.0678. The highest BCUT2D eigenvalue weighted by molar-refractivity contribution is 6.11. The number of ether oxygens (including phenoxy) is 13. The number of rotatable bonds is 23. The number of hydrogen-bond donors (Lipinski definition) is 11. The van der Waals surface area contributed by atoms with Crippen LogP contribution in [0.25, 0.3) is 10.8 Å². The molecule has 0 spiro atoms. The molecule has 0 saturated carbocycles. The molecule has 5 aliphatic heterocycles. The Kier molecular flexibility index (Phi) is 22.9. The Morgan fingerprint density at radius 2 is 1.17 bits per heavy atom. The van der Waals surface area contributed by atoms with Gasteiger partial charge in [-0.1, -0.05) is 0 Å². The summed E-state index contributed by atoms with van der Waals surface area (Å²) in [4.78, 5) is 76.7. The zero-order chi connectivity index (χ0) is 66.1. The van der Waals surface area contributed by atoms with E-state index in [2.05, 4.69) is 0 Å². The minimum Gasteiger partial charge on any atom is -0.507 e. The molecular weight excluding hydrogens is 1200 g/mol. The second kappa shape index (κ2) is 29.3. The molecule has 5 heterocycles. The number of methoxy groups -OCH3 is 1. The van der Waals surface area contributed by atoms with Crippen molar-refractivity contribution in [3.63, 3.8) is 0 Å². The van der Waals surface area contributed by atoms with Crippen LogP contribution >= 0.6 is 0 Å². The van der Waals surface area contributed by atoms with Gasteiger partial charge in [0, 0.05) is 50.7 Å². The van der Waals surface area contributed by atoms with Gasteiger partial charge < -0.3 is 118 Å². The predicted molar refractivity (Wildman–Crippen MR) is 300 cm³/mol. The summed E-state index contributed by atoms with van der Waals surface area (Å²) in [6.07, 6.45) is -31.8. The van der Waals surface area contributed by atoms with Crippen LogP contribution in [-0.4, -0.2) is 246 Å². The van der Waals surface area contributed by atoms with Crippen molar-refractivity contribution in [1.82, 2.24) is 0 Å². The normalized spacial score (nSPS) is 37.5. The Morgan fingerprint density at radius 3 is 1.71 bits per heavy atom. The fourth-order valence-electron chi connectivity index (χ4n) is 12.5. The van der Waals surface area contributed by atoms with E-state index in [0.717, 1.165) is 7.11 Å². The summed E-state index contributed by atoms with van der Waals surface area (Å²) < 4.78 is 77.6. The maximum absolute atomic E-state index is 15.3. The summed E-state index contributed by atoms with van der Waals surface area (Å²) in [6.45, 7) is 11.8. The Balaban J connectivity index is 1.04. The second-order valence-electron chi connectivity index (χ2n) is 24.4. The number of hydrogen-bond acceptors (Lipinski definition) is 28. The maximum atomic E-state index is 15.3. The fourth-order valence-corrected chi connectivity index (χ4v) is 12.5. The monoisotopic (exact) mass is 1280 g/mol. The van der Waals surface area contributed by atoms with E-state index in [1.165, 1.54) is 46.8 Å². The zero-order valence-electron chi connectivity index (χ0n) is 51.3. The number of aromatic hydroxyl groups is 2. The topological polar surface area (TPSA) is 445 Å². The van der Waals surface area contributed by atoms with Crippen LogP contribution in [0.3, 0.4) is 0 Å². The summed E-state index contributed by atoms with van der Waals surface area (Å²) in [5.74, 6) is -9.08. The maximum Gasteiger partial charge on any atom is 0.306 e. The number of fused-ring (bicyclic) bond motifs is 2. The number of aliphatic hydroxyl groups is 7. The number of benzene rings is 2. The molecule has 90 heavy (non-hydrogen) atoms. The first-order valence-electron chi connectivity index (χ1n) is 30.1. The molecule has 8 rings (SSSR count).